The van der Waals surface area contributed by atoms with Crippen LogP contribution in [0.15, 0.2) is 0 Å². The van der Waals surface area contributed by atoms with E-state index >= 15 is 0 Å². The van der Waals surface area contributed by atoms with Crippen LogP contribution in [-0.2, 0) is 4.79 Å². The van der Waals surface area contributed by atoms with E-state index in [-0.39, 0.29) is 25.1 Å². The second kappa shape index (κ2) is 5.44. The van der Waals surface area contributed by atoms with Crippen LogP contribution < -0.4 is 10.6 Å². The fourth-order valence-corrected chi connectivity index (χ4v) is 1.53. The largest absolute Gasteiger partial charge is 0.393 e. The number of hydrogen-bond donors (Lipinski definition) is 4. The lowest BCUT2D eigenvalue weighted by molar-refractivity contribution is -0.125. The highest BCUT2D eigenvalue weighted by Crippen LogP contribution is 2.07. The molecule has 5 nitrogen and oxygen atoms in total. The van der Waals surface area contributed by atoms with E-state index in [4.69, 9.17) is 5.11 Å². The maximum Gasteiger partial charge on any atom is 0.237 e. The Bertz CT molecular complexity index is 213. The highest BCUT2D eigenvalue weighted by Gasteiger charge is 2.24. The van der Waals surface area contributed by atoms with E-state index in [9.17, 15) is 9.90 Å². The van der Waals surface area contributed by atoms with Gasteiger partial charge in [-0.05, 0) is 26.3 Å². The van der Waals surface area contributed by atoms with Gasteiger partial charge in [0, 0.05) is 6.54 Å². The van der Waals surface area contributed by atoms with Crippen molar-refractivity contribution >= 4 is 5.91 Å². The smallest absolute Gasteiger partial charge is 0.237 e. The summed E-state index contributed by atoms with van der Waals surface area (Å²) in [5.41, 5.74) is -1.23. The Kier molecular flexibility index (Phi) is 4.50. The summed E-state index contributed by atoms with van der Waals surface area (Å²) in [6, 6.07) is -0.145. The van der Waals surface area contributed by atoms with Crippen LogP contribution in [0.4, 0.5) is 0 Å². The van der Waals surface area contributed by atoms with Gasteiger partial charge in [-0.2, -0.15) is 0 Å². The molecule has 1 fully saturated rings. The van der Waals surface area contributed by atoms with E-state index in [0.717, 1.165) is 25.8 Å². The van der Waals surface area contributed by atoms with Gasteiger partial charge in [0.15, 0.2) is 0 Å². The van der Waals surface area contributed by atoms with Gasteiger partial charge in [-0.25, -0.2) is 0 Å². The normalized spacial score (nSPS) is 25.7. The molecule has 4 N–H and O–H groups in total. The van der Waals surface area contributed by atoms with Gasteiger partial charge in [-0.1, -0.05) is 6.42 Å². The lowest BCUT2D eigenvalue weighted by Gasteiger charge is -2.25. The molecule has 88 valence electrons. The van der Waals surface area contributed by atoms with Gasteiger partial charge in [0.2, 0.25) is 5.91 Å². The molecule has 15 heavy (non-hydrogen) atoms. The lowest BCUT2D eigenvalue weighted by Crippen LogP contribution is -2.51. The second-order valence-electron chi connectivity index (χ2n) is 4.38. The first-order valence-electron chi connectivity index (χ1n) is 5.39. The van der Waals surface area contributed by atoms with Crippen molar-refractivity contribution in [2.75, 3.05) is 19.7 Å². The first-order chi connectivity index (χ1) is 7.05. The molecule has 0 aliphatic carbocycles. The number of piperidine rings is 1. The number of aliphatic hydroxyl groups is 2. The van der Waals surface area contributed by atoms with Crippen LogP contribution in [-0.4, -0.2) is 47.5 Å². The molecule has 0 bridgehead atoms. The SMILES string of the molecule is CC(O)(CO)CNC(=O)[C@H]1CCCCN1. The first-order valence-corrected chi connectivity index (χ1v) is 5.39. The molecule has 1 aliphatic heterocycles. The van der Waals surface area contributed by atoms with E-state index in [0.29, 0.717) is 0 Å². The van der Waals surface area contributed by atoms with Crippen LogP contribution in [0.1, 0.15) is 26.2 Å². The molecular formula is C10H20N2O3. The van der Waals surface area contributed by atoms with Crippen LogP contribution in [0.25, 0.3) is 0 Å². The Labute approximate surface area is 89.9 Å². The molecule has 1 heterocycles. The van der Waals surface area contributed by atoms with Crippen molar-refractivity contribution in [2.24, 2.45) is 0 Å². The van der Waals surface area contributed by atoms with Crippen molar-refractivity contribution in [1.82, 2.24) is 10.6 Å². The number of amides is 1. The minimum atomic E-state index is -1.23. The lowest BCUT2D eigenvalue weighted by atomic mass is 10.0. The van der Waals surface area contributed by atoms with Crippen molar-refractivity contribution in [3.63, 3.8) is 0 Å². The summed E-state index contributed by atoms with van der Waals surface area (Å²) in [5.74, 6) is -0.0941. The molecule has 1 amide bonds. The zero-order valence-electron chi connectivity index (χ0n) is 9.12. The second-order valence-corrected chi connectivity index (χ2v) is 4.38. The number of rotatable bonds is 4. The van der Waals surface area contributed by atoms with Crippen molar-refractivity contribution < 1.29 is 15.0 Å². The molecule has 0 aromatic rings. The molecular weight excluding hydrogens is 196 g/mol. The van der Waals surface area contributed by atoms with Crippen LogP contribution in [0.2, 0.25) is 0 Å². The van der Waals surface area contributed by atoms with Gasteiger partial charge in [-0.3, -0.25) is 4.79 Å². The Morgan fingerprint density at radius 2 is 2.33 bits per heavy atom. The van der Waals surface area contributed by atoms with Crippen LogP contribution >= 0.6 is 0 Å². The zero-order valence-corrected chi connectivity index (χ0v) is 9.12. The third-order valence-corrected chi connectivity index (χ3v) is 2.61. The quantitative estimate of drug-likeness (QED) is 0.485. The standard InChI is InChI=1S/C10H20N2O3/c1-10(15,7-13)6-12-9(14)8-4-2-3-5-11-8/h8,11,13,15H,2-7H2,1H3,(H,12,14)/t8-,10?/m1/s1. The Hall–Kier alpha value is -0.650. The summed E-state index contributed by atoms with van der Waals surface area (Å²) in [4.78, 5) is 11.6. The molecule has 0 aromatic carbocycles. The van der Waals surface area contributed by atoms with Crippen molar-refractivity contribution in [3.8, 4) is 0 Å². The first kappa shape index (κ1) is 12.4. The molecule has 1 saturated heterocycles. The number of nitrogens with one attached hydrogen (secondary N) is 2. The molecule has 1 aliphatic rings. The van der Waals surface area contributed by atoms with Crippen LogP contribution in [0.5, 0.6) is 0 Å². The van der Waals surface area contributed by atoms with E-state index in [1.165, 1.54) is 6.92 Å². The van der Waals surface area contributed by atoms with Crippen molar-refractivity contribution in [2.45, 2.75) is 37.8 Å². The number of hydrogen-bond acceptors (Lipinski definition) is 4. The topological polar surface area (TPSA) is 81.6 Å². The number of aliphatic hydroxyl groups excluding tert-OH is 1. The summed E-state index contributed by atoms with van der Waals surface area (Å²) < 4.78 is 0. The molecule has 2 atom stereocenters. The Morgan fingerprint density at radius 1 is 1.60 bits per heavy atom. The van der Waals surface area contributed by atoms with Crippen LogP contribution in [0.3, 0.4) is 0 Å². The highest BCUT2D eigenvalue weighted by atomic mass is 16.3. The van der Waals surface area contributed by atoms with Gasteiger partial charge in [0.05, 0.1) is 12.6 Å². The summed E-state index contributed by atoms with van der Waals surface area (Å²) >= 11 is 0. The van der Waals surface area contributed by atoms with Crippen molar-refractivity contribution in [3.05, 3.63) is 0 Å². The predicted octanol–water partition coefficient (Wildman–Crippen LogP) is -1.01. The van der Waals surface area contributed by atoms with E-state index in [1.807, 2.05) is 0 Å². The summed E-state index contributed by atoms with van der Waals surface area (Å²) in [5, 5.41) is 24.0. The zero-order chi connectivity index (χ0) is 11.3. The molecule has 0 radical (unpaired) electrons. The number of carbonyl (C=O) groups is 1. The maximum absolute atomic E-state index is 11.6. The third-order valence-electron chi connectivity index (χ3n) is 2.61. The van der Waals surface area contributed by atoms with E-state index in [2.05, 4.69) is 10.6 Å². The average Bonchev–Trinajstić information content (AvgIpc) is 2.27. The summed E-state index contributed by atoms with van der Waals surface area (Å²) in [6.45, 7) is 2.09. The molecule has 1 rings (SSSR count). The summed E-state index contributed by atoms with van der Waals surface area (Å²) in [7, 11) is 0. The van der Waals surface area contributed by atoms with E-state index < -0.39 is 5.60 Å². The monoisotopic (exact) mass is 216 g/mol. The molecule has 0 saturated carbocycles. The van der Waals surface area contributed by atoms with Crippen molar-refractivity contribution in [1.29, 1.82) is 0 Å². The van der Waals surface area contributed by atoms with Gasteiger partial charge < -0.3 is 20.8 Å². The van der Waals surface area contributed by atoms with Gasteiger partial charge in [-0.15, -0.1) is 0 Å². The Morgan fingerprint density at radius 3 is 2.87 bits per heavy atom. The Balaban J connectivity index is 2.28. The van der Waals surface area contributed by atoms with E-state index in [1.54, 1.807) is 0 Å². The number of carbonyl (C=O) groups excluding carboxylic acids is 1. The maximum atomic E-state index is 11.6. The highest BCUT2D eigenvalue weighted by molar-refractivity contribution is 5.81. The van der Waals surface area contributed by atoms with Gasteiger partial charge in [0.1, 0.15) is 5.60 Å². The molecule has 0 aromatic heterocycles. The van der Waals surface area contributed by atoms with Gasteiger partial charge >= 0.3 is 0 Å². The van der Waals surface area contributed by atoms with Gasteiger partial charge in [0.25, 0.3) is 0 Å². The third kappa shape index (κ3) is 4.15. The van der Waals surface area contributed by atoms with Crippen LogP contribution in [0, 0.1) is 0 Å². The average molecular weight is 216 g/mol. The fourth-order valence-electron chi connectivity index (χ4n) is 1.53. The fraction of sp³-hybridized carbons (Fsp3) is 0.900. The molecule has 1 unspecified atom stereocenters. The minimum absolute atomic E-state index is 0.0838. The minimum Gasteiger partial charge on any atom is -0.393 e. The molecule has 0 spiro atoms. The predicted molar refractivity (Wildman–Crippen MR) is 56.4 cm³/mol. The molecule has 5 heteroatoms. The summed E-state index contributed by atoms with van der Waals surface area (Å²) in [6.07, 6.45) is 3.01.